The zero-order chi connectivity index (χ0) is 24.0. The lowest BCUT2D eigenvalue weighted by molar-refractivity contribution is -0.151. The zero-order valence-corrected chi connectivity index (χ0v) is 20.7. The molecule has 1 aromatic rings. The van der Waals surface area contributed by atoms with E-state index in [9.17, 15) is 19.2 Å². The number of nitrogens with zero attached hydrogens (tertiary/aromatic N) is 2. The molecule has 33 heavy (non-hydrogen) atoms. The van der Waals surface area contributed by atoms with Gasteiger partial charge in [-0.25, -0.2) is 9.59 Å². The lowest BCUT2D eigenvalue weighted by Gasteiger charge is -2.23. The van der Waals surface area contributed by atoms with Crippen molar-refractivity contribution in [3.05, 3.63) is 21.8 Å². The van der Waals surface area contributed by atoms with E-state index in [4.69, 9.17) is 18.9 Å². The standard InChI is InChI=1S/C22H27IN2O8/c1-30-21(28)14-6-4-10-24(14)18(26)12-32-16-8-3-9-17(20(16)23)33-13-19(27)25-11-5-7-15(25)22(29)31-2/h3,8-9,14-15H,4-7,10-13H2,1-2H3/t14-,15-/m0/s1. The second-order valence-corrected chi connectivity index (χ2v) is 8.76. The van der Waals surface area contributed by atoms with E-state index in [1.165, 1.54) is 24.0 Å². The Hall–Kier alpha value is -2.57. The molecular weight excluding hydrogens is 547 g/mol. The van der Waals surface area contributed by atoms with Gasteiger partial charge in [-0.3, -0.25) is 9.59 Å². The van der Waals surface area contributed by atoms with Crippen LogP contribution in [0.5, 0.6) is 11.5 Å². The summed E-state index contributed by atoms with van der Waals surface area (Å²) in [5.41, 5.74) is 0. The van der Waals surface area contributed by atoms with Crippen LogP contribution >= 0.6 is 22.6 Å². The van der Waals surface area contributed by atoms with Gasteiger partial charge in [-0.05, 0) is 60.4 Å². The number of amides is 2. The molecule has 10 nitrogen and oxygen atoms in total. The molecule has 2 amide bonds. The second kappa shape index (κ2) is 11.5. The smallest absolute Gasteiger partial charge is 0.328 e. The third-order valence-electron chi connectivity index (χ3n) is 5.72. The lowest BCUT2D eigenvalue weighted by atomic mass is 10.2. The number of esters is 2. The van der Waals surface area contributed by atoms with Crippen molar-refractivity contribution < 1.29 is 38.1 Å². The first-order valence-corrected chi connectivity index (χ1v) is 11.7. The summed E-state index contributed by atoms with van der Waals surface area (Å²) in [6.07, 6.45) is 2.60. The molecule has 2 fully saturated rings. The van der Waals surface area contributed by atoms with Crippen molar-refractivity contribution in [3.8, 4) is 11.5 Å². The Balaban J connectivity index is 1.57. The molecule has 1 aromatic carbocycles. The molecule has 0 N–H and O–H groups in total. The first-order valence-electron chi connectivity index (χ1n) is 10.7. The first-order chi connectivity index (χ1) is 15.9. The highest BCUT2D eigenvalue weighted by Crippen LogP contribution is 2.30. The van der Waals surface area contributed by atoms with E-state index in [1.807, 2.05) is 22.6 Å². The van der Waals surface area contributed by atoms with Crippen LogP contribution in [0.2, 0.25) is 0 Å². The number of carbonyl (C=O) groups is 4. The van der Waals surface area contributed by atoms with Gasteiger partial charge in [0, 0.05) is 13.1 Å². The molecule has 0 bridgehead atoms. The average Bonchev–Trinajstić information content (AvgIpc) is 3.51. The Morgan fingerprint density at radius 3 is 1.67 bits per heavy atom. The summed E-state index contributed by atoms with van der Waals surface area (Å²) in [5, 5.41) is 0. The van der Waals surface area contributed by atoms with E-state index in [0.29, 0.717) is 41.0 Å². The highest BCUT2D eigenvalue weighted by Gasteiger charge is 2.36. The lowest BCUT2D eigenvalue weighted by Crippen LogP contribution is -2.43. The third-order valence-corrected chi connectivity index (χ3v) is 6.79. The van der Waals surface area contributed by atoms with Gasteiger partial charge < -0.3 is 28.7 Å². The predicted molar refractivity (Wildman–Crippen MR) is 124 cm³/mol. The minimum Gasteiger partial charge on any atom is -0.483 e. The van der Waals surface area contributed by atoms with Gasteiger partial charge >= 0.3 is 11.9 Å². The van der Waals surface area contributed by atoms with Crippen molar-refractivity contribution in [1.29, 1.82) is 0 Å². The maximum Gasteiger partial charge on any atom is 0.328 e. The van der Waals surface area contributed by atoms with Gasteiger partial charge in [-0.15, -0.1) is 0 Å². The van der Waals surface area contributed by atoms with Crippen LogP contribution in [-0.4, -0.2) is 86.2 Å². The van der Waals surface area contributed by atoms with Crippen LogP contribution in [0.1, 0.15) is 25.7 Å². The number of rotatable bonds is 8. The topological polar surface area (TPSA) is 112 Å². The summed E-state index contributed by atoms with van der Waals surface area (Å²) in [5.74, 6) is -0.607. The summed E-state index contributed by atoms with van der Waals surface area (Å²) >= 11 is 2.02. The molecule has 2 atom stereocenters. The summed E-state index contributed by atoms with van der Waals surface area (Å²) in [6, 6.07) is 3.93. The fourth-order valence-corrected chi connectivity index (χ4v) is 4.72. The fourth-order valence-electron chi connectivity index (χ4n) is 4.05. The second-order valence-electron chi connectivity index (χ2n) is 7.68. The van der Waals surface area contributed by atoms with Crippen molar-refractivity contribution in [1.82, 2.24) is 9.80 Å². The number of benzene rings is 1. The molecule has 180 valence electrons. The maximum absolute atomic E-state index is 12.6. The van der Waals surface area contributed by atoms with E-state index in [-0.39, 0.29) is 25.0 Å². The number of hydrogen-bond donors (Lipinski definition) is 0. The Morgan fingerprint density at radius 2 is 1.27 bits per heavy atom. The van der Waals surface area contributed by atoms with Crippen LogP contribution in [0.15, 0.2) is 18.2 Å². The highest BCUT2D eigenvalue weighted by atomic mass is 127. The highest BCUT2D eigenvalue weighted by molar-refractivity contribution is 14.1. The van der Waals surface area contributed by atoms with Crippen LogP contribution in [0.25, 0.3) is 0 Å². The van der Waals surface area contributed by atoms with Gasteiger partial charge in [-0.1, -0.05) is 6.07 Å². The van der Waals surface area contributed by atoms with E-state index in [0.717, 1.165) is 12.8 Å². The number of likely N-dealkylation sites (tertiary alicyclic amines) is 2. The average molecular weight is 574 g/mol. The molecule has 2 aliphatic rings. The Bertz CT molecular complexity index is 840. The number of halogens is 1. The first kappa shape index (κ1) is 25.1. The third kappa shape index (κ3) is 5.87. The summed E-state index contributed by atoms with van der Waals surface area (Å²) < 4.78 is 21.5. The molecule has 0 aromatic heterocycles. The van der Waals surface area contributed by atoms with Crippen LogP contribution in [0.3, 0.4) is 0 Å². The summed E-state index contributed by atoms with van der Waals surface area (Å²) in [4.78, 5) is 51.9. The van der Waals surface area contributed by atoms with Gasteiger partial charge in [-0.2, -0.15) is 0 Å². The maximum atomic E-state index is 12.6. The number of hydrogen-bond acceptors (Lipinski definition) is 8. The molecule has 3 rings (SSSR count). The van der Waals surface area contributed by atoms with E-state index < -0.39 is 24.0 Å². The molecular formula is C22H27IN2O8. The molecule has 0 aliphatic carbocycles. The van der Waals surface area contributed by atoms with Crippen LogP contribution in [0, 0.1) is 3.57 Å². The van der Waals surface area contributed by atoms with Crippen molar-refractivity contribution in [2.75, 3.05) is 40.5 Å². The monoisotopic (exact) mass is 574 g/mol. The van der Waals surface area contributed by atoms with Gasteiger partial charge in [0.1, 0.15) is 23.6 Å². The van der Waals surface area contributed by atoms with Gasteiger partial charge in [0.15, 0.2) is 13.2 Å². The van der Waals surface area contributed by atoms with Gasteiger partial charge in [0.25, 0.3) is 11.8 Å². The minimum atomic E-state index is -0.578. The number of ether oxygens (including phenoxy) is 4. The molecule has 0 spiro atoms. The van der Waals surface area contributed by atoms with Gasteiger partial charge in [0.2, 0.25) is 0 Å². The van der Waals surface area contributed by atoms with Crippen LogP contribution < -0.4 is 9.47 Å². The van der Waals surface area contributed by atoms with Crippen LogP contribution in [-0.2, 0) is 28.7 Å². The molecule has 11 heteroatoms. The molecule has 0 radical (unpaired) electrons. The number of carbonyl (C=O) groups excluding carboxylic acids is 4. The van der Waals surface area contributed by atoms with Crippen molar-refractivity contribution in [3.63, 3.8) is 0 Å². The SMILES string of the molecule is COC(=O)[C@@H]1CCCN1C(=O)COc1cccc(OCC(=O)N2CCC[C@H]2C(=O)OC)c1I. The summed E-state index contributed by atoms with van der Waals surface area (Å²) in [6.45, 7) is 0.488. The quantitative estimate of drug-likeness (QED) is 0.339. The zero-order valence-electron chi connectivity index (χ0n) is 18.6. The molecule has 2 aliphatic heterocycles. The van der Waals surface area contributed by atoms with Crippen molar-refractivity contribution in [2.45, 2.75) is 37.8 Å². The molecule has 0 saturated carbocycles. The summed E-state index contributed by atoms with van der Waals surface area (Å²) in [7, 11) is 2.61. The van der Waals surface area contributed by atoms with E-state index >= 15 is 0 Å². The van der Waals surface area contributed by atoms with E-state index in [1.54, 1.807) is 18.2 Å². The van der Waals surface area contributed by atoms with E-state index in [2.05, 4.69) is 0 Å². The van der Waals surface area contributed by atoms with Crippen LogP contribution in [0.4, 0.5) is 0 Å². The minimum absolute atomic E-state index is 0.236. The Labute approximate surface area is 205 Å². The molecule has 2 heterocycles. The fraction of sp³-hybridized carbons (Fsp3) is 0.545. The normalized spacial score (nSPS) is 19.8. The molecule has 2 saturated heterocycles. The van der Waals surface area contributed by atoms with Crippen molar-refractivity contribution >= 4 is 46.3 Å². The Kier molecular flexibility index (Phi) is 8.75. The van der Waals surface area contributed by atoms with Crippen molar-refractivity contribution in [2.24, 2.45) is 0 Å². The van der Waals surface area contributed by atoms with Gasteiger partial charge in [0.05, 0.1) is 17.8 Å². The molecule has 0 unspecified atom stereocenters. The number of methoxy groups -OCH3 is 2. The largest absolute Gasteiger partial charge is 0.483 e. The predicted octanol–water partition coefficient (Wildman–Crippen LogP) is 1.38. The Morgan fingerprint density at radius 1 is 0.848 bits per heavy atom.